The lowest BCUT2D eigenvalue weighted by Gasteiger charge is -2.15. The molecule has 2 heterocycles. The second-order valence-corrected chi connectivity index (χ2v) is 9.02. The first-order valence-corrected chi connectivity index (χ1v) is 11.4. The number of fused-ring (bicyclic) bond motifs is 1. The van der Waals surface area contributed by atoms with E-state index in [0.29, 0.717) is 22.2 Å². The molecule has 0 spiro atoms. The number of anilines is 1. The summed E-state index contributed by atoms with van der Waals surface area (Å²) in [5.41, 5.74) is -1.80. The highest BCUT2D eigenvalue weighted by Crippen LogP contribution is 2.34. The summed E-state index contributed by atoms with van der Waals surface area (Å²) < 4.78 is 72.2. The van der Waals surface area contributed by atoms with Gasteiger partial charge in [0.05, 0.1) is 16.8 Å². The minimum Gasteiger partial charge on any atom is -0.456 e. The Kier molecular flexibility index (Phi) is 7.21. The topological polar surface area (TPSA) is 84.2 Å². The van der Waals surface area contributed by atoms with Gasteiger partial charge in [-0.2, -0.15) is 13.2 Å². The number of halogens is 5. The fourth-order valence-electron chi connectivity index (χ4n) is 3.64. The molecule has 2 amide bonds. The number of nitrogens with one attached hydrogen (secondary N) is 2. The number of rotatable bonds is 7. The van der Waals surface area contributed by atoms with Gasteiger partial charge in [-0.3, -0.25) is 14.6 Å². The van der Waals surface area contributed by atoms with E-state index in [-0.39, 0.29) is 29.1 Å². The predicted molar refractivity (Wildman–Crippen MR) is 131 cm³/mol. The number of benzene rings is 2. The smallest absolute Gasteiger partial charge is 0.416 e. The quantitative estimate of drug-likeness (QED) is 0.263. The van der Waals surface area contributed by atoms with Crippen LogP contribution in [0, 0.1) is 0 Å². The number of nitrogens with zero attached hydrogens (tertiary/aromatic N) is 1. The maximum atomic E-state index is 13.7. The third-order valence-electron chi connectivity index (χ3n) is 5.64. The Morgan fingerprint density at radius 1 is 1.00 bits per heavy atom. The van der Waals surface area contributed by atoms with Crippen LogP contribution in [0.2, 0.25) is 0 Å². The molecule has 0 radical (unpaired) electrons. The fourth-order valence-corrected chi connectivity index (χ4v) is 3.64. The van der Waals surface area contributed by atoms with E-state index in [0.717, 1.165) is 26.0 Å². The van der Waals surface area contributed by atoms with E-state index in [2.05, 4.69) is 15.6 Å². The highest BCUT2D eigenvalue weighted by molar-refractivity contribution is 6.06. The molecule has 0 bridgehead atoms. The van der Waals surface area contributed by atoms with Crippen molar-refractivity contribution in [1.29, 1.82) is 0 Å². The summed E-state index contributed by atoms with van der Waals surface area (Å²) in [4.78, 5) is 28.7. The molecular weight excluding hydrogens is 509 g/mol. The van der Waals surface area contributed by atoms with Crippen LogP contribution < -0.4 is 10.6 Å². The van der Waals surface area contributed by atoms with Gasteiger partial charge in [-0.25, -0.2) is 8.78 Å². The van der Waals surface area contributed by atoms with Gasteiger partial charge in [-0.15, -0.1) is 0 Å². The van der Waals surface area contributed by atoms with Crippen LogP contribution in [0.1, 0.15) is 41.0 Å². The van der Waals surface area contributed by atoms with Gasteiger partial charge in [0.1, 0.15) is 18.0 Å². The molecule has 4 aromatic rings. The lowest BCUT2D eigenvalue weighted by Crippen LogP contribution is -2.38. The number of alkyl halides is 5. The van der Waals surface area contributed by atoms with E-state index in [9.17, 15) is 31.5 Å². The summed E-state index contributed by atoms with van der Waals surface area (Å²) in [5, 5.41) is 5.54. The number of hydrogen-bond donors (Lipinski definition) is 2. The van der Waals surface area contributed by atoms with Gasteiger partial charge in [0.15, 0.2) is 5.67 Å². The van der Waals surface area contributed by atoms with Crippen LogP contribution in [-0.4, -0.2) is 22.5 Å². The molecule has 0 aliphatic rings. The van der Waals surface area contributed by atoms with E-state index >= 15 is 0 Å². The largest absolute Gasteiger partial charge is 0.456 e. The highest BCUT2D eigenvalue weighted by Gasteiger charge is 2.30. The number of carbonyl (C=O) groups excluding carboxylic acids is 2. The van der Waals surface area contributed by atoms with E-state index in [1.807, 2.05) is 0 Å². The molecule has 4 rings (SSSR count). The Hall–Kier alpha value is -4.28. The van der Waals surface area contributed by atoms with Crippen molar-refractivity contribution >= 4 is 28.5 Å². The molecule has 0 aliphatic heterocycles. The van der Waals surface area contributed by atoms with Gasteiger partial charge in [0.2, 0.25) is 0 Å². The zero-order valence-corrected chi connectivity index (χ0v) is 20.2. The van der Waals surface area contributed by atoms with Gasteiger partial charge >= 0.3 is 6.18 Å². The average molecular weight is 531 g/mol. The van der Waals surface area contributed by atoms with Gasteiger partial charge in [-0.05, 0) is 61.9 Å². The van der Waals surface area contributed by atoms with Gasteiger partial charge in [-0.1, -0.05) is 12.1 Å². The first kappa shape index (κ1) is 26.8. The Bertz CT molecular complexity index is 1510. The minimum absolute atomic E-state index is 0.0734. The summed E-state index contributed by atoms with van der Waals surface area (Å²) in [6.45, 7) is 1.06. The summed E-state index contributed by atoms with van der Waals surface area (Å²) in [6, 6.07) is 12.2. The molecule has 0 atom stereocenters. The number of carbonyl (C=O) groups is 2. The minimum atomic E-state index is -4.50. The molecule has 6 nitrogen and oxygen atoms in total. The predicted octanol–water partition coefficient (Wildman–Crippen LogP) is 6.60. The van der Waals surface area contributed by atoms with Crippen molar-refractivity contribution < 1.29 is 36.0 Å². The number of pyridine rings is 1. The molecule has 11 heteroatoms. The van der Waals surface area contributed by atoms with Crippen LogP contribution >= 0.6 is 0 Å². The molecule has 0 aliphatic carbocycles. The van der Waals surface area contributed by atoms with E-state index in [4.69, 9.17) is 4.42 Å². The molecule has 0 unspecified atom stereocenters. The number of amides is 2. The van der Waals surface area contributed by atoms with Gasteiger partial charge in [0, 0.05) is 29.4 Å². The molecule has 2 aromatic carbocycles. The molecule has 0 saturated carbocycles. The molecule has 38 heavy (non-hydrogen) atoms. The van der Waals surface area contributed by atoms with Crippen LogP contribution in [0.15, 0.2) is 65.2 Å². The molecular formula is C27H22F5N3O3. The summed E-state index contributed by atoms with van der Waals surface area (Å²) in [6.07, 6.45) is -3.22. The van der Waals surface area contributed by atoms with E-state index in [1.165, 1.54) is 30.5 Å². The zero-order valence-electron chi connectivity index (χ0n) is 20.2. The monoisotopic (exact) mass is 531 g/mol. The van der Waals surface area contributed by atoms with Crippen molar-refractivity contribution in [2.75, 3.05) is 5.32 Å². The number of aromatic nitrogens is 1. The summed E-state index contributed by atoms with van der Waals surface area (Å²) in [7, 11) is 0. The molecule has 0 saturated heterocycles. The van der Waals surface area contributed by atoms with Crippen molar-refractivity contribution in [2.24, 2.45) is 0 Å². The summed E-state index contributed by atoms with van der Waals surface area (Å²) in [5.74, 6) is -1.31. The molecule has 2 N–H and O–H groups in total. The first-order valence-electron chi connectivity index (χ1n) is 11.4. The summed E-state index contributed by atoms with van der Waals surface area (Å²) >= 11 is 0. The number of furan rings is 1. The van der Waals surface area contributed by atoms with Crippen LogP contribution in [0.5, 0.6) is 0 Å². The Morgan fingerprint density at radius 2 is 1.76 bits per heavy atom. The van der Waals surface area contributed by atoms with Crippen LogP contribution in [-0.2, 0) is 24.2 Å². The van der Waals surface area contributed by atoms with Crippen LogP contribution in [0.4, 0.5) is 27.6 Å². The van der Waals surface area contributed by atoms with Crippen molar-refractivity contribution in [1.82, 2.24) is 10.3 Å². The SMILES string of the molecule is CC(C)(F)C(=O)NCc1cnc(CF)c(C(=O)Nc2ccc3oc(-c4cccc(C(F)(F)F)c4)cc3c2)c1. The lowest BCUT2D eigenvalue weighted by atomic mass is 10.1. The molecule has 2 aromatic heterocycles. The number of hydrogen-bond acceptors (Lipinski definition) is 4. The van der Waals surface area contributed by atoms with Crippen LogP contribution in [0.25, 0.3) is 22.3 Å². The Balaban J connectivity index is 1.55. The maximum Gasteiger partial charge on any atom is 0.416 e. The van der Waals surface area contributed by atoms with Crippen LogP contribution in [0.3, 0.4) is 0 Å². The first-order chi connectivity index (χ1) is 17.8. The van der Waals surface area contributed by atoms with Gasteiger partial charge in [0.25, 0.3) is 11.8 Å². The highest BCUT2D eigenvalue weighted by atomic mass is 19.4. The Labute approximate surface area is 213 Å². The van der Waals surface area contributed by atoms with Crippen molar-refractivity contribution in [2.45, 2.75) is 38.9 Å². The second-order valence-electron chi connectivity index (χ2n) is 9.02. The Morgan fingerprint density at radius 3 is 2.45 bits per heavy atom. The maximum absolute atomic E-state index is 13.7. The van der Waals surface area contributed by atoms with Gasteiger partial charge < -0.3 is 15.1 Å². The van der Waals surface area contributed by atoms with E-state index < -0.39 is 35.9 Å². The zero-order chi connectivity index (χ0) is 27.7. The molecule has 198 valence electrons. The standard InChI is InChI=1S/C27H22F5N3O3/c1-26(2,29)25(37)34-14-15-8-20(21(12-28)33-13-15)24(36)35-19-6-7-22-17(10-19)11-23(38-22)16-4-3-5-18(9-16)27(30,31)32/h3-11,13H,12,14H2,1-2H3,(H,34,37)(H,35,36). The fraction of sp³-hybridized carbons (Fsp3) is 0.222. The van der Waals surface area contributed by atoms with E-state index in [1.54, 1.807) is 18.2 Å². The molecule has 0 fully saturated rings. The van der Waals surface area contributed by atoms with Crippen molar-refractivity contribution in [3.63, 3.8) is 0 Å². The van der Waals surface area contributed by atoms with Crippen molar-refractivity contribution in [3.05, 3.63) is 83.2 Å². The normalized spacial score (nSPS) is 12.0. The third kappa shape index (κ3) is 5.99. The average Bonchev–Trinajstić information content (AvgIpc) is 3.29. The van der Waals surface area contributed by atoms with Crippen molar-refractivity contribution in [3.8, 4) is 11.3 Å². The third-order valence-corrected chi connectivity index (χ3v) is 5.64. The second kappa shape index (κ2) is 10.2. The lowest BCUT2D eigenvalue weighted by molar-refractivity contribution is -0.137.